The fraction of sp³-hybridized carbons (Fsp3) is 0.0556. The van der Waals surface area contributed by atoms with Crippen LogP contribution in [0.4, 0.5) is 14.5 Å². The molecule has 11 heteroatoms. The van der Waals surface area contributed by atoms with Gasteiger partial charge in [0.25, 0.3) is 5.56 Å². The summed E-state index contributed by atoms with van der Waals surface area (Å²) in [6.07, 6.45) is 1.30. The number of carbonyl (C=O) groups is 1. The summed E-state index contributed by atoms with van der Waals surface area (Å²) in [5, 5.41) is 14.3. The van der Waals surface area contributed by atoms with E-state index in [0.717, 1.165) is 10.7 Å². The Bertz CT molecular complexity index is 1290. The zero-order chi connectivity index (χ0) is 20.5. The Balaban J connectivity index is 1.59. The highest BCUT2D eigenvalue weighted by Gasteiger charge is 2.15. The van der Waals surface area contributed by atoms with E-state index in [1.165, 1.54) is 47.3 Å². The highest BCUT2D eigenvalue weighted by atomic mass is 35.5. The van der Waals surface area contributed by atoms with Gasteiger partial charge in [0.05, 0.1) is 16.9 Å². The second kappa shape index (κ2) is 7.40. The number of nitrogens with zero attached hydrogens (tertiary/aromatic N) is 5. The molecule has 2 aromatic carbocycles. The van der Waals surface area contributed by atoms with Crippen molar-refractivity contribution in [2.24, 2.45) is 0 Å². The first-order chi connectivity index (χ1) is 13.9. The zero-order valence-corrected chi connectivity index (χ0v) is 15.3. The van der Waals surface area contributed by atoms with Crippen LogP contribution in [0.25, 0.3) is 16.7 Å². The second-order valence-electron chi connectivity index (χ2n) is 6.00. The third kappa shape index (κ3) is 3.69. The average Bonchev–Trinajstić information content (AvgIpc) is 3.12. The molecule has 0 radical (unpaired) electrons. The van der Waals surface area contributed by atoms with Gasteiger partial charge in [-0.25, -0.2) is 18.1 Å². The number of halogens is 3. The molecule has 0 saturated carbocycles. The molecule has 2 heterocycles. The van der Waals surface area contributed by atoms with E-state index < -0.39 is 29.6 Å². The molecule has 0 aliphatic rings. The second-order valence-corrected chi connectivity index (χ2v) is 6.41. The van der Waals surface area contributed by atoms with Crippen LogP contribution in [0.15, 0.2) is 53.5 Å². The molecule has 4 rings (SSSR count). The van der Waals surface area contributed by atoms with Crippen molar-refractivity contribution < 1.29 is 13.6 Å². The Morgan fingerprint density at radius 1 is 1.14 bits per heavy atom. The maximum Gasteiger partial charge on any atom is 0.281 e. The van der Waals surface area contributed by atoms with Gasteiger partial charge in [0.15, 0.2) is 5.65 Å². The van der Waals surface area contributed by atoms with E-state index in [-0.39, 0.29) is 21.7 Å². The Labute approximate surface area is 166 Å². The number of nitrogens with one attached hydrogen (secondary N) is 1. The van der Waals surface area contributed by atoms with Crippen molar-refractivity contribution in [3.05, 3.63) is 75.7 Å². The maximum absolute atomic E-state index is 13.2. The number of hydrogen-bond acceptors (Lipinski definition) is 5. The maximum atomic E-state index is 13.2. The minimum absolute atomic E-state index is 0.141. The molecule has 8 nitrogen and oxygen atoms in total. The topological polar surface area (TPSA) is 94.7 Å². The van der Waals surface area contributed by atoms with Crippen LogP contribution in [0.5, 0.6) is 0 Å². The molecule has 4 aromatic rings. The van der Waals surface area contributed by atoms with Gasteiger partial charge in [0.2, 0.25) is 5.91 Å². The molecular weight excluding hydrogens is 406 g/mol. The zero-order valence-electron chi connectivity index (χ0n) is 14.5. The van der Waals surface area contributed by atoms with E-state index in [0.29, 0.717) is 5.69 Å². The van der Waals surface area contributed by atoms with Gasteiger partial charge in [-0.15, -0.1) is 5.10 Å². The van der Waals surface area contributed by atoms with Crippen LogP contribution in [0.3, 0.4) is 0 Å². The summed E-state index contributed by atoms with van der Waals surface area (Å²) < 4.78 is 28.5. The van der Waals surface area contributed by atoms with Gasteiger partial charge in [-0.2, -0.15) is 5.10 Å². The van der Waals surface area contributed by atoms with Crippen LogP contribution < -0.4 is 10.9 Å². The molecule has 0 aliphatic heterocycles. The number of benzene rings is 2. The Kier molecular flexibility index (Phi) is 4.77. The minimum Gasteiger partial charge on any atom is -0.324 e. The number of hydrogen-bond donors (Lipinski definition) is 1. The lowest BCUT2D eigenvalue weighted by atomic mass is 10.3. The number of fused-ring (bicyclic) bond motifs is 1. The standard InChI is InChI=1S/C18H11ClF2N6O2/c19-14-7-11(3-6-15(14)21)23-16(28)9-26-18(29)13-8-22-27(17(13)24-25-26)12-4-1-10(20)2-5-12/h1-8H,9H2,(H,23,28). The first-order valence-corrected chi connectivity index (χ1v) is 8.62. The van der Waals surface area contributed by atoms with Gasteiger partial charge in [-0.3, -0.25) is 9.59 Å². The molecule has 0 fully saturated rings. The molecule has 146 valence electrons. The lowest BCUT2D eigenvalue weighted by molar-refractivity contribution is -0.117. The van der Waals surface area contributed by atoms with Crippen LogP contribution in [0.1, 0.15) is 0 Å². The normalized spacial score (nSPS) is 11.0. The van der Waals surface area contributed by atoms with Gasteiger partial charge in [0, 0.05) is 5.69 Å². The number of aromatic nitrogens is 5. The smallest absolute Gasteiger partial charge is 0.281 e. The molecule has 29 heavy (non-hydrogen) atoms. The summed E-state index contributed by atoms with van der Waals surface area (Å²) in [4.78, 5) is 24.8. The summed E-state index contributed by atoms with van der Waals surface area (Å²) in [6, 6.07) is 9.17. The third-order valence-electron chi connectivity index (χ3n) is 4.02. The first kappa shape index (κ1) is 18.7. The molecule has 0 spiro atoms. The summed E-state index contributed by atoms with van der Waals surface area (Å²) in [6.45, 7) is -0.418. The van der Waals surface area contributed by atoms with E-state index in [1.54, 1.807) is 0 Å². The SMILES string of the molecule is O=C(Cn1nnc2c(cnn2-c2ccc(F)cc2)c1=O)Nc1ccc(F)c(Cl)c1. The van der Waals surface area contributed by atoms with Gasteiger partial charge < -0.3 is 5.32 Å². The highest BCUT2D eigenvalue weighted by Crippen LogP contribution is 2.19. The van der Waals surface area contributed by atoms with Crippen molar-refractivity contribution in [3.63, 3.8) is 0 Å². The van der Waals surface area contributed by atoms with Gasteiger partial charge in [-0.05, 0) is 42.5 Å². The molecule has 0 aliphatic carbocycles. The molecule has 0 saturated heterocycles. The largest absolute Gasteiger partial charge is 0.324 e. The van der Waals surface area contributed by atoms with Gasteiger partial charge >= 0.3 is 0 Å². The lowest BCUT2D eigenvalue weighted by Crippen LogP contribution is -2.30. The molecular formula is C18H11ClF2N6O2. The van der Waals surface area contributed by atoms with E-state index in [1.807, 2.05) is 0 Å². The van der Waals surface area contributed by atoms with Crippen LogP contribution in [-0.4, -0.2) is 30.7 Å². The number of anilines is 1. The molecule has 0 bridgehead atoms. The van der Waals surface area contributed by atoms with Crippen LogP contribution in [0.2, 0.25) is 5.02 Å². The van der Waals surface area contributed by atoms with Crippen molar-refractivity contribution in [2.45, 2.75) is 6.54 Å². The monoisotopic (exact) mass is 416 g/mol. The predicted molar refractivity (Wildman–Crippen MR) is 101 cm³/mol. The van der Waals surface area contributed by atoms with E-state index in [9.17, 15) is 18.4 Å². The van der Waals surface area contributed by atoms with E-state index in [4.69, 9.17) is 11.6 Å². The molecule has 1 N–H and O–H groups in total. The quantitative estimate of drug-likeness (QED) is 0.551. The Morgan fingerprint density at radius 3 is 2.62 bits per heavy atom. The summed E-state index contributed by atoms with van der Waals surface area (Å²) >= 11 is 5.68. The van der Waals surface area contributed by atoms with Gasteiger partial charge in [-0.1, -0.05) is 16.8 Å². The summed E-state index contributed by atoms with van der Waals surface area (Å²) in [5.41, 5.74) is 0.366. The third-order valence-corrected chi connectivity index (χ3v) is 4.31. The lowest BCUT2D eigenvalue weighted by Gasteiger charge is -2.07. The molecule has 0 atom stereocenters. The Morgan fingerprint density at radius 2 is 1.90 bits per heavy atom. The number of carbonyl (C=O) groups excluding carboxylic acids is 1. The number of rotatable bonds is 4. The fourth-order valence-corrected chi connectivity index (χ4v) is 2.83. The minimum atomic E-state index is -0.615. The molecule has 1 amide bonds. The van der Waals surface area contributed by atoms with E-state index >= 15 is 0 Å². The van der Waals surface area contributed by atoms with Crippen molar-refractivity contribution in [1.82, 2.24) is 24.8 Å². The van der Waals surface area contributed by atoms with Crippen molar-refractivity contribution in [1.29, 1.82) is 0 Å². The summed E-state index contributed by atoms with van der Waals surface area (Å²) in [7, 11) is 0. The van der Waals surface area contributed by atoms with Crippen molar-refractivity contribution in [2.75, 3.05) is 5.32 Å². The van der Waals surface area contributed by atoms with E-state index in [2.05, 4.69) is 20.7 Å². The molecule has 2 aromatic heterocycles. The van der Waals surface area contributed by atoms with Crippen molar-refractivity contribution >= 4 is 34.2 Å². The van der Waals surface area contributed by atoms with Gasteiger partial charge in [0.1, 0.15) is 23.6 Å². The fourth-order valence-electron chi connectivity index (χ4n) is 2.65. The first-order valence-electron chi connectivity index (χ1n) is 8.25. The summed E-state index contributed by atoms with van der Waals surface area (Å²) in [5.74, 6) is -1.60. The Hall–Kier alpha value is -3.66. The van der Waals surface area contributed by atoms with Crippen LogP contribution in [-0.2, 0) is 11.3 Å². The predicted octanol–water partition coefficient (Wildman–Crippen LogP) is 2.55. The molecule has 0 unspecified atom stereocenters. The number of amides is 1. The highest BCUT2D eigenvalue weighted by molar-refractivity contribution is 6.31. The van der Waals surface area contributed by atoms with Crippen LogP contribution in [0, 0.1) is 11.6 Å². The average molecular weight is 417 g/mol. The van der Waals surface area contributed by atoms with Crippen molar-refractivity contribution in [3.8, 4) is 5.69 Å². The van der Waals surface area contributed by atoms with Crippen LogP contribution >= 0.6 is 11.6 Å².